The van der Waals surface area contributed by atoms with Crippen LogP contribution in [0.25, 0.3) is 12.2 Å². The molecule has 3 aromatic carbocycles. The SMILES string of the molecule is COc1cc(/C=C\c2cc(OC)c(OC)c(OC)c2)ccc1OCc1ccc(NC(=O)OC(C)C)cc1. The Morgan fingerprint density at radius 2 is 1.35 bits per heavy atom. The van der Waals surface area contributed by atoms with Crippen LogP contribution in [0.2, 0.25) is 0 Å². The van der Waals surface area contributed by atoms with E-state index in [-0.39, 0.29) is 6.10 Å². The number of rotatable bonds is 11. The van der Waals surface area contributed by atoms with E-state index in [9.17, 15) is 4.79 Å². The van der Waals surface area contributed by atoms with Gasteiger partial charge in [-0.15, -0.1) is 0 Å². The molecule has 3 aromatic rings. The molecule has 0 fully saturated rings. The van der Waals surface area contributed by atoms with E-state index in [4.69, 9.17) is 28.4 Å². The molecule has 1 N–H and O–H groups in total. The van der Waals surface area contributed by atoms with Crippen LogP contribution in [0.4, 0.5) is 10.5 Å². The summed E-state index contributed by atoms with van der Waals surface area (Å²) in [6.45, 7) is 3.94. The van der Waals surface area contributed by atoms with Gasteiger partial charge in [0.1, 0.15) is 6.61 Å². The van der Waals surface area contributed by atoms with Gasteiger partial charge in [-0.1, -0.05) is 30.4 Å². The first-order valence-corrected chi connectivity index (χ1v) is 11.7. The Balaban J connectivity index is 1.67. The zero-order valence-corrected chi connectivity index (χ0v) is 22.0. The highest BCUT2D eigenvalue weighted by molar-refractivity contribution is 5.84. The van der Waals surface area contributed by atoms with Crippen molar-refractivity contribution in [3.05, 3.63) is 71.3 Å². The van der Waals surface area contributed by atoms with E-state index < -0.39 is 6.09 Å². The fourth-order valence-electron chi connectivity index (χ4n) is 3.50. The Morgan fingerprint density at radius 1 is 0.757 bits per heavy atom. The molecular formula is C29H33NO7. The van der Waals surface area contributed by atoms with Crippen LogP contribution in [-0.2, 0) is 11.3 Å². The number of hydrogen-bond donors (Lipinski definition) is 1. The molecule has 37 heavy (non-hydrogen) atoms. The van der Waals surface area contributed by atoms with Gasteiger partial charge in [0.2, 0.25) is 5.75 Å². The van der Waals surface area contributed by atoms with Crippen LogP contribution < -0.4 is 29.0 Å². The maximum Gasteiger partial charge on any atom is 0.411 e. The van der Waals surface area contributed by atoms with Gasteiger partial charge in [0.25, 0.3) is 0 Å². The van der Waals surface area contributed by atoms with E-state index in [1.165, 1.54) is 0 Å². The van der Waals surface area contributed by atoms with Crippen molar-refractivity contribution >= 4 is 23.9 Å². The third kappa shape index (κ3) is 7.57. The lowest BCUT2D eigenvalue weighted by molar-refractivity contribution is 0.130. The number of ether oxygens (including phenoxy) is 6. The smallest absolute Gasteiger partial charge is 0.411 e. The molecule has 8 heteroatoms. The van der Waals surface area contributed by atoms with Crippen LogP contribution in [-0.4, -0.2) is 40.6 Å². The molecule has 0 spiro atoms. The normalized spacial score (nSPS) is 10.8. The Kier molecular flexibility index (Phi) is 9.66. The maximum atomic E-state index is 11.7. The molecule has 0 aliphatic carbocycles. The third-order valence-electron chi connectivity index (χ3n) is 5.28. The fourth-order valence-corrected chi connectivity index (χ4v) is 3.50. The molecule has 0 aliphatic heterocycles. The van der Waals surface area contributed by atoms with Crippen molar-refractivity contribution < 1.29 is 33.2 Å². The summed E-state index contributed by atoms with van der Waals surface area (Å²) in [6.07, 6.45) is 3.25. The van der Waals surface area contributed by atoms with E-state index in [0.717, 1.165) is 16.7 Å². The van der Waals surface area contributed by atoms with E-state index in [2.05, 4.69) is 5.32 Å². The maximum absolute atomic E-state index is 11.7. The molecule has 0 saturated heterocycles. The van der Waals surface area contributed by atoms with Crippen molar-refractivity contribution in [2.45, 2.75) is 26.6 Å². The number of carbonyl (C=O) groups is 1. The summed E-state index contributed by atoms with van der Waals surface area (Å²) in [4.78, 5) is 11.7. The molecule has 1 amide bonds. The van der Waals surface area contributed by atoms with Crippen LogP contribution in [0.15, 0.2) is 54.6 Å². The van der Waals surface area contributed by atoms with E-state index >= 15 is 0 Å². The minimum Gasteiger partial charge on any atom is -0.493 e. The number of benzene rings is 3. The molecule has 8 nitrogen and oxygen atoms in total. The lowest BCUT2D eigenvalue weighted by Crippen LogP contribution is -2.17. The van der Waals surface area contributed by atoms with Crippen molar-refractivity contribution in [2.24, 2.45) is 0 Å². The Hall–Kier alpha value is -4.33. The summed E-state index contributed by atoms with van der Waals surface area (Å²) in [5, 5.41) is 2.69. The van der Waals surface area contributed by atoms with Crippen molar-refractivity contribution in [3.63, 3.8) is 0 Å². The van der Waals surface area contributed by atoms with Crippen molar-refractivity contribution in [3.8, 4) is 28.7 Å². The molecule has 0 unspecified atom stereocenters. The average Bonchev–Trinajstić information content (AvgIpc) is 2.90. The van der Waals surface area contributed by atoms with Gasteiger partial charge in [0.15, 0.2) is 23.0 Å². The highest BCUT2D eigenvalue weighted by Crippen LogP contribution is 2.38. The number of methoxy groups -OCH3 is 4. The molecular weight excluding hydrogens is 474 g/mol. The van der Waals surface area contributed by atoms with Gasteiger partial charge in [-0.3, -0.25) is 5.32 Å². The van der Waals surface area contributed by atoms with Crippen molar-refractivity contribution in [1.82, 2.24) is 0 Å². The number of hydrogen-bond acceptors (Lipinski definition) is 7. The minimum absolute atomic E-state index is 0.181. The standard InChI is InChI=1S/C29H33NO7/c1-19(2)37-29(31)30-23-12-9-21(10-13-23)18-36-24-14-11-20(15-25(24)32-3)7-8-22-16-26(33-4)28(35-6)27(17-22)34-5/h7-17,19H,18H2,1-6H3,(H,30,31)/b8-7-. The number of nitrogens with one attached hydrogen (secondary N) is 1. The van der Waals surface area contributed by atoms with Gasteiger partial charge in [-0.05, 0) is 66.9 Å². The van der Waals surface area contributed by atoms with Crippen molar-refractivity contribution in [2.75, 3.05) is 33.8 Å². The average molecular weight is 508 g/mol. The summed E-state index contributed by atoms with van der Waals surface area (Å²) in [5.41, 5.74) is 3.41. The Bertz CT molecular complexity index is 1190. The van der Waals surface area contributed by atoms with Crippen LogP contribution in [0, 0.1) is 0 Å². The van der Waals surface area contributed by atoms with Crippen LogP contribution in [0.5, 0.6) is 28.7 Å². The predicted octanol–water partition coefficient (Wildman–Crippen LogP) is 6.43. The molecule has 0 heterocycles. The van der Waals surface area contributed by atoms with Gasteiger partial charge >= 0.3 is 6.09 Å². The zero-order valence-electron chi connectivity index (χ0n) is 22.0. The molecule has 0 aliphatic rings. The first-order chi connectivity index (χ1) is 17.9. The lowest BCUT2D eigenvalue weighted by atomic mass is 10.1. The Morgan fingerprint density at radius 3 is 1.92 bits per heavy atom. The molecule has 3 rings (SSSR count). The van der Waals surface area contributed by atoms with Crippen molar-refractivity contribution in [1.29, 1.82) is 0 Å². The molecule has 0 aromatic heterocycles. The van der Waals surface area contributed by atoms with Gasteiger partial charge in [0, 0.05) is 5.69 Å². The summed E-state index contributed by atoms with van der Waals surface area (Å²) in [6, 6.07) is 16.8. The largest absolute Gasteiger partial charge is 0.493 e. The zero-order chi connectivity index (χ0) is 26.8. The predicted molar refractivity (Wildman–Crippen MR) is 144 cm³/mol. The monoisotopic (exact) mass is 507 g/mol. The lowest BCUT2D eigenvalue weighted by Gasteiger charge is -2.13. The first-order valence-electron chi connectivity index (χ1n) is 11.7. The van der Waals surface area contributed by atoms with Crippen LogP contribution >= 0.6 is 0 Å². The molecule has 196 valence electrons. The van der Waals surface area contributed by atoms with Gasteiger partial charge in [-0.25, -0.2) is 4.79 Å². The molecule has 0 saturated carbocycles. The van der Waals surface area contributed by atoms with Crippen LogP contribution in [0.1, 0.15) is 30.5 Å². The highest BCUT2D eigenvalue weighted by Gasteiger charge is 2.12. The van der Waals surface area contributed by atoms with Gasteiger partial charge in [-0.2, -0.15) is 0 Å². The summed E-state index contributed by atoms with van der Waals surface area (Å²) >= 11 is 0. The topological polar surface area (TPSA) is 84.5 Å². The number of amides is 1. The minimum atomic E-state index is -0.483. The third-order valence-corrected chi connectivity index (χ3v) is 5.28. The first kappa shape index (κ1) is 27.3. The van der Waals surface area contributed by atoms with Gasteiger partial charge in [0.05, 0.1) is 34.5 Å². The second-order valence-electron chi connectivity index (χ2n) is 8.27. The van der Waals surface area contributed by atoms with E-state index in [1.807, 2.05) is 54.6 Å². The second-order valence-corrected chi connectivity index (χ2v) is 8.27. The summed E-state index contributed by atoms with van der Waals surface area (Å²) in [5.74, 6) is 2.95. The summed E-state index contributed by atoms with van der Waals surface area (Å²) < 4.78 is 32.8. The fraction of sp³-hybridized carbons (Fsp3) is 0.276. The summed E-state index contributed by atoms with van der Waals surface area (Å²) in [7, 11) is 6.35. The molecule has 0 atom stereocenters. The van der Waals surface area contributed by atoms with E-state index in [0.29, 0.717) is 41.0 Å². The molecule has 0 radical (unpaired) electrons. The quantitative estimate of drug-likeness (QED) is 0.300. The second kappa shape index (κ2) is 13.1. The highest BCUT2D eigenvalue weighted by atomic mass is 16.6. The van der Waals surface area contributed by atoms with Crippen LogP contribution in [0.3, 0.4) is 0 Å². The molecule has 0 bridgehead atoms. The Labute approximate surface area is 217 Å². The van der Waals surface area contributed by atoms with E-state index in [1.54, 1.807) is 54.4 Å². The number of anilines is 1. The number of carbonyl (C=O) groups excluding carboxylic acids is 1. The van der Waals surface area contributed by atoms with Gasteiger partial charge < -0.3 is 28.4 Å².